The molecule has 1 saturated heterocycles. The van der Waals surface area contributed by atoms with Gasteiger partial charge in [0.15, 0.2) is 0 Å². The van der Waals surface area contributed by atoms with Gasteiger partial charge in [0.05, 0.1) is 19.0 Å². The van der Waals surface area contributed by atoms with E-state index in [1.807, 2.05) is 6.07 Å². The monoisotopic (exact) mass is 140 g/mol. The van der Waals surface area contributed by atoms with Crippen LogP contribution in [0.4, 0.5) is 4.79 Å². The largest absolute Gasteiger partial charge is 0.448 e. The molecule has 0 aromatic heterocycles. The second-order valence-corrected chi connectivity index (χ2v) is 2.01. The van der Waals surface area contributed by atoms with Gasteiger partial charge in [-0.05, 0) is 0 Å². The average molecular weight is 140 g/mol. The molecular formula is C6H8N2O2. The van der Waals surface area contributed by atoms with Crippen molar-refractivity contribution in [3.05, 3.63) is 0 Å². The third-order valence-electron chi connectivity index (χ3n) is 1.34. The molecule has 1 amide bonds. The van der Waals surface area contributed by atoms with Crippen LogP contribution < -0.4 is 0 Å². The summed E-state index contributed by atoms with van der Waals surface area (Å²) in [5, 5.41) is 8.18. The number of ether oxygens (including phenoxy) is 1. The second-order valence-electron chi connectivity index (χ2n) is 2.01. The number of nitrogens with zero attached hydrogens (tertiary/aromatic N) is 2. The Bertz CT molecular complexity index is 173. The van der Waals surface area contributed by atoms with Crippen molar-refractivity contribution < 1.29 is 9.53 Å². The minimum Gasteiger partial charge on any atom is -0.448 e. The zero-order valence-electron chi connectivity index (χ0n) is 5.54. The molecule has 0 radical (unpaired) electrons. The summed E-state index contributed by atoms with van der Waals surface area (Å²) in [6.07, 6.45) is 0.0880. The summed E-state index contributed by atoms with van der Waals surface area (Å²) >= 11 is 0. The van der Waals surface area contributed by atoms with E-state index in [1.54, 1.807) is 0 Å². The maximum Gasteiger partial charge on any atom is 0.409 e. The Morgan fingerprint density at radius 3 is 3.10 bits per heavy atom. The van der Waals surface area contributed by atoms with Crippen LogP contribution in [0.3, 0.4) is 0 Å². The minimum atomic E-state index is -0.296. The fourth-order valence-electron chi connectivity index (χ4n) is 0.814. The van der Waals surface area contributed by atoms with Crippen molar-refractivity contribution in [3.8, 4) is 6.07 Å². The number of rotatable bonds is 2. The molecule has 1 aliphatic heterocycles. The smallest absolute Gasteiger partial charge is 0.409 e. The van der Waals surface area contributed by atoms with E-state index < -0.39 is 0 Å². The quantitative estimate of drug-likeness (QED) is 0.556. The van der Waals surface area contributed by atoms with Crippen molar-refractivity contribution in [2.75, 3.05) is 19.7 Å². The molecule has 0 aromatic carbocycles. The van der Waals surface area contributed by atoms with Crippen LogP contribution in [0, 0.1) is 11.3 Å². The van der Waals surface area contributed by atoms with E-state index in [0.29, 0.717) is 26.1 Å². The molecular weight excluding hydrogens is 132 g/mol. The van der Waals surface area contributed by atoms with Crippen LogP contribution in [-0.4, -0.2) is 30.7 Å². The van der Waals surface area contributed by atoms with Crippen LogP contribution in [0.25, 0.3) is 0 Å². The lowest BCUT2D eigenvalue weighted by Gasteiger charge is -2.07. The molecule has 1 heterocycles. The van der Waals surface area contributed by atoms with Crippen molar-refractivity contribution >= 4 is 6.09 Å². The van der Waals surface area contributed by atoms with Crippen LogP contribution in [0.2, 0.25) is 0 Å². The third-order valence-corrected chi connectivity index (χ3v) is 1.34. The van der Waals surface area contributed by atoms with Gasteiger partial charge in [0.2, 0.25) is 0 Å². The predicted molar refractivity (Wildman–Crippen MR) is 33.2 cm³/mol. The highest BCUT2D eigenvalue weighted by Gasteiger charge is 2.20. The molecule has 0 saturated carbocycles. The van der Waals surface area contributed by atoms with Gasteiger partial charge in [-0.25, -0.2) is 4.79 Å². The normalized spacial score (nSPS) is 16.7. The first-order valence-corrected chi connectivity index (χ1v) is 3.13. The molecule has 0 bridgehead atoms. The fourth-order valence-corrected chi connectivity index (χ4v) is 0.814. The first-order valence-electron chi connectivity index (χ1n) is 3.13. The topological polar surface area (TPSA) is 53.3 Å². The van der Waals surface area contributed by atoms with Crippen molar-refractivity contribution in [1.29, 1.82) is 5.26 Å². The first-order chi connectivity index (χ1) is 4.84. The Hall–Kier alpha value is -1.24. The molecule has 10 heavy (non-hydrogen) atoms. The zero-order chi connectivity index (χ0) is 7.40. The van der Waals surface area contributed by atoms with Crippen LogP contribution in [-0.2, 0) is 4.74 Å². The molecule has 1 aliphatic rings. The summed E-state index contributed by atoms with van der Waals surface area (Å²) < 4.78 is 4.64. The van der Waals surface area contributed by atoms with Gasteiger partial charge in [-0.3, -0.25) is 0 Å². The van der Waals surface area contributed by atoms with Gasteiger partial charge in [0.25, 0.3) is 0 Å². The summed E-state index contributed by atoms with van der Waals surface area (Å²) in [4.78, 5) is 12.2. The van der Waals surface area contributed by atoms with Gasteiger partial charge >= 0.3 is 6.09 Å². The molecule has 4 heteroatoms. The number of carbonyl (C=O) groups is 1. The number of amides is 1. The highest BCUT2D eigenvalue weighted by molar-refractivity contribution is 5.69. The van der Waals surface area contributed by atoms with Crippen LogP contribution in [0.15, 0.2) is 0 Å². The maximum absolute atomic E-state index is 10.7. The molecule has 0 atom stereocenters. The number of hydrogen-bond acceptors (Lipinski definition) is 3. The molecule has 0 unspecified atom stereocenters. The second kappa shape index (κ2) is 3.06. The molecule has 1 fully saturated rings. The van der Waals surface area contributed by atoms with Crippen LogP contribution in [0.1, 0.15) is 6.42 Å². The molecule has 0 N–H and O–H groups in total. The Kier molecular flexibility index (Phi) is 2.11. The molecule has 4 nitrogen and oxygen atoms in total. The van der Waals surface area contributed by atoms with E-state index in [2.05, 4.69) is 4.74 Å². The van der Waals surface area contributed by atoms with Crippen molar-refractivity contribution in [1.82, 2.24) is 4.90 Å². The van der Waals surface area contributed by atoms with E-state index in [9.17, 15) is 4.79 Å². The molecule has 0 aliphatic carbocycles. The van der Waals surface area contributed by atoms with Gasteiger partial charge in [-0.2, -0.15) is 5.26 Å². The number of hydrogen-bond donors (Lipinski definition) is 0. The summed E-state index contributed by atoms with van der Waals surface area (Å²) in [7, 11) is 0. The third kappa shape index (κ3) is 1.38. The van der Waals surface area contributed by atoms with E-state index >= 15 is 0 Å². The highest BCUT2D eigenvalue weighted by Crippen LogP contribution is 2.02. The lowest BCUT2D eigenvalue weighted by Crippen LogP contribution is -2.24. The van der Waals surface area contributed by atoms with E-state index in [-0.39, 0.29) is 6.09 Å². The standard InChI is InChI=1S/C6H8N2O2/c7-2-1-3-8-4-5-10-6(8)9/h1,3-5H2. The van der Waals surface area contributed by atoms with Gasteiger partial charge in [0.1, 0.15) is 6.61 Å². The SMILES string of the molecule is N#CCCN1CCOC1=O. The summed E-state index contributed by atoms with van der Waals surface area (Å²) in [6.45, 7) is 1.58. The minimum absolute atomic E-state index is 0.296. The number of nitriles is 1. The molecule has 0 aromatic rings. The Morgan fingerprint density at radius 2 is 2.60 bits per heavy atom. The summed E-state index contributed by atoms with van der Waals surface area (Å²) in [5.74, 6) is 0. The van der Waals surface area contributed by atoms with Crippen molar-refractivity contribution in [2.24, 2.45) is 0 Å². The van der Waals surface area contributed by atoms with Crippen molar-refractivity contribution in [2.45, 2.75) is 6.42 Å². The summed E-state index contributed by atoms with van der Waals surface area (Å²) in [6, 6.07) is 1.97. The molecule has 1 rings (SSSR count). The number of cyclic esters (lactones) is 1. The lowest BCUT2D eigenvalue weighted by molar-refractivity contribution is 0.159. The van der Waals surface area contributed by atoms with E-state index in [0.717, 1.165) is 0 Å². The Labute approximate surface area is 59.0 Å². The first kappa shape index (κ1) is 6.87. The Morgan fingerprint density at radius 1 is 1.80 bits per heavy atom. The van der Waals surface area contributed by atoms with Gasteiger partial charge in [-0.1, -0.05) is 0 Å². The van der Waals surface area contributed by atoms with E-state index in [4.69, 9.17) is 5.26 Å². The van der Waals surface area contributed by atoms with E-state index in [1.165, 1.54) is 4.90 Å². The van der Waals surface area contributed by atoms with Gasteiger partial charge < -0.3 is 9.64 Å². The summed E-state index contributed by atoms with van der Waals surface area (Å²) in [5.41, 5.74) is 0. The predicted octanol–water partition coefficient (Wildman–Crippen LogP) is 0.352. The van der Waals surface area contributed by atoms with Crippen LogP contribution in [0.5, 0.6) is 0 Å². The fraction of sp³-hybridized carbons (Fsp3) is 0.667. The maximum atomic E-state index is 10.7. The lowest BCUT2D eigenvalue weighted by atomic mass is 10.4. The highest BCUT2D eigenvalue weighted by atomic mass is 16.6. The Balaban J connectivity index is 2.28. The molecule has 0 spiro atoms. The van der Waals surface area contributed by atoms with Crippen molar-refractivity contribution in [3.63, 3.8) is 0 Å². The van der Waals surface area contributed by atoms with Gasteiger partial charge in [-0.15, -0.1) is 0 Å². The number of carbonyl (C=O) groups excluding carboxylic acids is 1. The zero-order valence-corrected chi connectivity index (χ0v) is 5.54. The van der Waals surface area contributed by atoms with Crippen LogP contribution >= 0.6 is 0 Å². The molecule has 54 valence electrons. The average Bonchev–Trinajstić information content (AvgIpc) is 2.31. The van der Waals surface area contributed by atoms with Gasteiger partial charge in [0, 0.05) is 6.54 Å².